The summed E-state index contributed by atoms with van der Waals surface area (Å²) in [4.78, 5) is 10.2. The van der Waals surface area contributed by atoms with E-state index in [1.807, 2.05) is 0 Å². The van der Waals surface area contributed by atoms with E-state index < -0.39 is 17.5 Å². The smallest absolute Gasteiger partial charge is 0.379 e. The van der Waals surface area contributed by atoms with Crippen LogP contribution in [0.4, 0.5) is 8.78 Å². The number of carbonyl (C=O) groups is 1. The summed E-state index contributed by atoms with van der Waals surface area (Å²) in [5.74, 6) is -6.02. The number of halogens is 4. The molecule has 0 atom stereocenters. The third-order valence-corrected chi connectivity index (χ3v) is 3.43. The van der Waals surface area contributed by atoms with Gasteiger partial charge in [0.1, 0.15) is 0 Å². The van der Waals surface area contributed by atoms with E-state index in [9.17, 15) is 13.6 Å². The fourth-order valence-corrected chi connectivity index (χ4v) is 1.44. The lowest BCUT2D eigenvalue weighted by atomic mass is 10.1. The van der Waals surface area contributed by atoms with Crippen molar-refractivity contribution >= 4 is 37.8 Å². The van der Waals surface area contributed by atoms with Crippen LogP contribution in [0, 0.1) is 0 Å². The maximum Gasteiger partial charge on any atom is 0.379 e. The van der Waals surface area contributed by atoms with Crippen LogP contribution in [0.1, 0.15) is 5.56 Å². The van der Waals surface area contributed by atoms with Gasteiger partial charge in [0.05, 0.1) is 0 Å². The molecule has 0 spiro atoms. The normalized spacial score (nSPS) is 11.4. The van der Waals surface area contributed by atoms with Crippen LogP contribution < -0.4 is 0 Å². The molecule has 1 aromatic carbocycles. The van der Waals surface area contributed by atoms with Crippen LogP contribution >= 0.6 is 31.9 Å². The Morgan fingerprint density at radius 1 is 1.29 bits per heavy atom. The molecule has 6 heteroatoms. The van der Waals surface area contributed by atoms with E-state index in [0.29, 0.717) is 8.95 Å². The Morgan fingerprint density at radius 3 is 2.29 bits per heavy atom. The van der Waals surface area contributed by atoms with Gasteiger partial charge in [0, 0.05) is 14.5 Å². The van der Waals surface area contributed by atoms with Gasteiger partial charge in [-0.15, -0.1) is 0 Å². The molecule has 0 heterocycles. The fraction of sp³-hybridized carbons (Fsp3) is 0.125. The van der Waals surface area contributed by atoms with Gasteiger partial charge in [-0.05, 0) is 44.0 Å². The van der Waals surface area contributed by atoms with E-state index in [0.717, 1.165) is 12.1 Å². The van der Waals surface area contributed by atoms with Crippen molar-refractivity contribution in [3.63, 3.8) is 0 Å². The minimum Gasteiger partial charge on any atom is -0.477 e. The molecule has 14 heavy (non-hydrogen) atoms. The zero-order valence-corrected chi connectivity index (χ0v) is 9.77. The summed E-state index contributed by atoms with van der Waals surface area (Å²) >= 11 is 6.11. The number of alkyl halides is 2. The summed E-state index contributed by atoms with van der Waals surface area (Å²) in [6.45, 7) is 0. The first-order valence-corrected chi connectivity index (χ1v) is 5.01. The molecule has 0 saturated carbocycles. The van der Waals surface area contributed by atoms with Gasteiger partial charge in [-0.3, -0.25) is 0 Å². The van der Waals surface area contributed by atoms with E-state index in [1.54, 1.807) is 0 Å². The van der Waals surface area contributed by atoms with Crippen molar-refractivity contribution in [3.05, 3.63) is 32.7 Å². The van der Waals surface area contributed by atoms with Crippen LogP contribution in [0.5, 0.6) is 0 Å². The molecular formula is C8H4Br2F2O2. The van der Waals surface area contributed by atoms with Gasteiger partial charge in [-0.1, -0.05) is 6.07 Å². The Kier molecular flexibility index (Phi) is 3.26. The molecule has 0 aliphatic heterocycles. The summed E-state index contributed by atoms with van der Waals surface area (Å²) in [6.07, 6.45) is 0. The average molecular weight is 330 g/mol. The second-order valence-electron chi connectivity index (χ2n) is 2.51. The second kappa shape index (κ2) is 3.94. The van der Waals surface area contributed by atoms with Crippen LogP contribution in [-0.2, 0) is 10.7 Å². The Balaban J connectivity index is 3.21. The molecule has 0 bridgehead atoms. The van der Waals surface area contributed by atoms with Gasteiger partial charge in [0.2, 0.25) is 0 Å². The molecule has 0 aliphatic carbocycles. The highest BCUT2D eigenvalue weighted by Gasteiger charge is 2.41. The van der Waals surface area contributed by atoms with Gasteiger partial charge in [-0.2, -0.15) is 8.78 Å². The standard InChI is InChI=1S/C8H4Br2F2O2/c9-5-2-1-4(3-6(5)10)8(11,12)7(13)14/h1-3H,(H,13,14). The Morgan fingerprint density at radius 2 is 1.86 bits per heavy atom. The minimum atomic E-state index is -3.86. The number of aliphatic carboxylic acids is 1. The predicted octanol–water partition coefficient (Wildman–Crippen LogP) is 3.39. The molecule has 0 aliphatic rings. The number of hydrogen-bond donors (Lipinski definition) is 1. The van der Waals surface area contributed by atoms with Crippen LogP contribution in [0.2, 0.25) is 0 Å². The highest BCUT2D eigenvalue weighted by Crippen LogP contribution is 2.33. The van der Waals surface area contributed by atoms with E-state index >= 15 is 0 Å². The minimum absolute atomic E-state index is 0.385. The maximum absolute atomic E-state index is 13.0. The number of benzene rings is 1. The van der Waals surface area contributed by atoms with Crippen molar-refractivity contribution in [1.29, 1.82) is 0 Å². The molecule has 0 aromatic heterocycles. The lowest BCUT2D eigenvalue weighted by molar-refractivity contribution is -0.166. The number of carboxylic acid groups (broad SMARTS) is 1. The van der Waals surface area contributed by atoms with Crippen molar-refractivity contribution in [2.75, 3.05) is 0 Å². The van der Waals surface area contributed by atoms with E-state index in [4.69, 9.17) is 5.11 Å². The summed E-state index contributed by atoms with van der Waals surface area (Å²) in [5, 5.41) is 8.28. The molecule has 2 nitrogen and oxygen atoms in total. The zero-order valence-electron chi connectivity index (χ0n) is 6.60. The summed E-state index contributed by atoms with van der Waals surface area (Å²) < 4.78 is 26.9. The van der Waals surface area contributed by atoms with Crippen molar-refractivity contribution in [1.82, 2.24) is 0 Å². The SMILES string of the molecule is O=C(O)C(F)(F)c1ccc(Br)c(Br)c1. The largest absolute Gasteiger partial charge is 0.477 e. The molecular weight excluding hydrogens is 326 g/mol. The van der Waals surface area contributed by atoms with E-state index in [-0.39, 0.29) is 0 Å². The third kappa shape index (κ3) is 2.12. The quantitative estimate of drug-likeness (QED) is 0.903. The first-order chi connectivity index (χ1) is 6.35. The van der Waals surface area contributed by atoms with Crippen LogP contribution in [0.3, 0.4) is 0 Å². The lowest BCUT2D eigenvalue weighted by Crippen LogP contribution is -2.25. The Hall–Kier alpha value is -0.490. The van der Waals surface area contributed by atoms with Gasteiger partial charge < -0.3 is 5.11 Å². The Bertz CT molecular complexity index is 380. The predicted molar refractivity (Wildman–Crippen MR) is 53.4 cm³/mol. The van der Waals surface area contributed by atoms with E-state index in [2.05, 4.69) is 31.9 Å². The molecule has 76 valence electrons. The van der Waals surface area contributed by atoms with E-state index in [1.165, 1.54) is 6.07 Å². The summed E-state index contributed by atoms with van der Waals surface area (Å²) in [6, 6.07) is 3.48. The van der Waals surface area contributed by atoms with Crippen LogP contribution in [-0.4, -0.2) is 11.1 Å². The topological polar surface area (TPSA) is 37.3 Å². The molecule has 1 aromatic rings. The maximum atomic E-state index is 13.0. The number of rotatable bonds is 2. The van der Waals surface area contributed by atoms with Crippen LogP contribution in [0.25, 0.3) is 0 Å². The van der Waals surface area contributed by atoms with Gasteiger partial charge in [-0.25, -0.2) is 4.79 Å². The molecule has 1 rings (SSSR count). The molecule has 0 saturated heterocycles. The lowest BCUT2D eigenvalue weighted by Gasteiger charge is -2.11. The second-order valence-corrected chi connectivity index (χ2v) is 4.22. The monoisotopic (exact) mass is 328 g/mol. The molecule has 0 amide bonds. The van der Waals surface area contributed by atoms with Crippen molar-refractivity contribution < 1.29 is 18.7 Å². The molecule has 0 radical (unpaired) electrons. The first kappa shape index (κ1) is 11.6. The van der Waals surface area contributed by atoms with Crippen LogP contribution in [0.15, 0.2) is 27.1 Å². The van der Waals surface area contributed by atoms with Gasteiger partial charge in [0.15, 0.2) is 0 Å². The first-order valence-electron chi connectivity index (χ1n) is 3.42. The molecule has 0 unspecified atom stereocenters. The molecule has 0 fully saturated rings. The number of hydrogen-bond acceptors (Lipinski definition) is 1. The van der Waals surface area contributed by atoms with Gasteiger partial charge in [0.25, 0.3) is 0 Å². The van der Waals surface area contributed by atoms with Crippen molar-refractivity contribution in [3.8, 4) is 0 Å². The summed E-state index contributed by atoms with van der Waals surface area (Å²) in [7, 11) is 0. The third-order valence-electron chi connectivity index (χ3n) is 1.55. The average Bonchev–Trinajstić information content (AvgIpc) is 2.09. The zero-order chi connectivity index (χ0) is 10.9. The highest BCUT2D eigenvalue weighted by molar-refractivity contribution is 9.13. The fourth-order valence-electron chi connectivity index (χ4n) is 0.815. The van der Waals surface area contributed by atoms with Gasteiger partial charge >= 0.3 is 11.9 Å². The van der Waals surface area contributed by atoms with Crippen molar-refractivity contribution in [2.24, 2.45) is 0 Å². The highest BCUT2D eigenvalue weighted by atomic mass is 79.9. The Labute approximate surface area is 95.2 Å². The van der Waals surface area contributed by atoms with Crippen molar-refractivity contribution in [2.45, 2.75) is 5.92 Å². The number of carboxylic acids is 1. The molecule has 1 N–H and O–H groups in total. The summed E-state index contributed by atoms with van der Waals surface area (Å²) in [5.41, 5.74) is -0.555.